The van der Waals surface area contributed by atoms with Crippen molar-refractivity contribution < 1.29 is 75.8 Å². The molecule has 0 aliphatic carbocycles. The molecule has 0 aliphatic rings. The summed E-state index contributed by atoms with van der Waals surface area (Å²) >= 11 is 0. The van der Waals surface area contributed by atoms with Crippen LogP contribution < -0.4 is 0 Å². The first kappa shape index (κ1) is 111. The average molecular weight is 1670 g/mol. The Morgan fingerprint density at radius 3 is 0.718 bits per heavy atom. The number of carbonyl (C=O) groups is 3. The van der Waals surface area contributed by atoms with Crippen LogP contribution in [0, 0.1) is 0 Å². The molecule has 666 valence electrons. The van der Waals surface area contributed by atoms with E-state index in [1.54, 1.807) is 0 Å². The maximum atomic E-state index is 13.1. The van der Waals surface area contributed by atoms with Crippen LogP contribution in [-0.4, -0.2) is 95.9 Å². The highest BCUT2D eigenvalue weighted by atomic mass is 31.2. The number of phosphoric ester groups is 2. The lowest BCUT2D eigenvalue weighted by Crippen LogP contribution is -2.30. The van der Waals surface area contributed by atoms with Crippen molar-refractivity contribution in [3.63, 3.8) is 0 Å². The molecule has 117 heavy (non-hydrogen) atoms. The van der Waals surface area contributed by atoms with E-state index in [1.807, 2.05) is 0 Å². The first-order valence-electron chi connectivity index (χ1n) is 45.7. The summed E-state index contributed by atoms with van der Waals surface area (Å²) < 4.78 is 61.5. The summed E-state index contributed by atoms with van der Waals surface area (Å²) in [5, 5.41) is 20.7. The van der Waals surface area contributed by atoms with Crippen molar-refractivity contribution in [1.82, 2.24) is 0 Å². The minimum Gasteiger partial charge on any atom is -0.463 e. The zero-order chi connectivity index (χ0) is 85.1. The number of allylic oxidation sites excluding steroid dienone is 32. The molecule has 0 aromatic carbocycles. The summed E-state index contributed by atoms with van der Waals surface area (Å²) in [5.41, 5.74) is 0. The molecule has 0 fully saturated rings. The SMILES string of the molecule is CC/C=C\C/C=C\C/C=C\C/C=C\C/C=C\C/C=C\CCCCCCCCCCCCCCC(=O)OCC(O)COP(=O)(O)OCC(O)COP(=O)(O)OCC(COC(=O)CCCCCCCCCC/C=C\C/C=C\C/C=C\C/C=C\C/C=C\C/C=C\CC)OC(=O)CCCCCCCCC/C=C\C/C=C\C/C=C\C/C=C\CCCCC. The zero-order valence-electron chi connectivity index (χ0n) is 73.3. The highest BCUT2D eigenvalue weighted by Gasteiger charge is 2.29. The molecule has 0 saturated heterocycles. The van der Waals surface area contributed by atoms with Gasteiger partial charge in [0.1, 0.15) is 25.4 Å². The normalized spacial score (nSPS) is 14.7. The van der Waals surface area contributed by atoms with E-state index in [0.717, 1.165) is 212 Å². The van der Waals surface area contributed by atoms with Crippen LogP contribution in [0.25, 0.3) is 0 Å². The van der Waals surface area contributed by atoms with Gasteiger partial charge in [-0.15, -0.1) is 0 Å². The van der Waals surface area contributed by atoms with E-state index >= 15 is 0 Å². The van der Waals surface area contributed by atoms with Gasteiger partial charge in [0, 0.05) is 19.3 Å². The molecule has 0 aromatic heterocycles. The summed E-state index contributed by atoms with van der Waals surface area (Å²) in [7, 11) is -9.83. The zero-order valence-corrected chi connectivity index (χ0v) is 75.1. The lowest BCUT2D eigenvalue weighted by Gasteiger charge is -2.21. The molecule has 5 unspecified atom stereocenters. The fourth-order valence-corrected chi connectivity index (χ4v) is 13.5. The number of phosphoric acid groups is 2. The van der Waals surface area contributed by atoms with Crippen molar-refractivity contribution in [2.45, 2.75) is 373 Å². The van der Waals surface area contributed by atoms with Crippen LogP contribution in [0.5, 0.6) is 0 Å². The third-order valence-corrected chi connectivity index (χ3v) is 20.7. The van der Waals surface area contributed by atoms with Crippen molar-refractivity contribution in [3.8, 4) is 0 Å². The van der Waals surface area contributed by atoms with E-state index in [4.69, 9.17) is 32.3 Å². The average Bonchev–Trinajstić information content (AvgIpc) is 0.901. The van der Waals surface area contributed by atoms with Crippen molar-refractivity contribution in [3.05, 3.63) is 194 Å². The van der Waals surface area contributed by atoms with Crippen LogP contribution in [-0.2, 0) is 55.8 Å². The maximum Gasteiger partial charge on any atom is 0.472 e. The molecule has 0 heterocycles. The number of hydrogen-bond acceptors (Lipinski definition) is 14. The third kappa shape index (κ3) is 91.0. The van der Waals surface area contributed by atoms with Gasteiger partial charge in [0.2, 0.25) is 0 Å². The van der Waals surface area contributed by atoms with Crippen LogP contribution in [0.2, 0.25) is 0 Å². The van der Waals surface area contributed by atoms with E-state index < -0.39 is 91.5 Å². The molecule has 0 saturated carbocycles. The molecular formula is C99H164O16P2. The number of esters is 3. The fraction of sp³-hybridized carbons (Fsp3) is 0.646. The lowest BCUT2D eigenvalue weighted by molar-refractivity contribution is -0.161. The Hall–Kier alpha value is -5.61. The first-order valence-corrected chi connectivity index (χ1v) is 48.7. The number of aliphatic hydroxyl groups is 2. The lowest BCUT2D eigenvalue weighted by atomic mass is 10.0. The molecule has 0 amide bonds. The predicted molar refractivity (Wildman–Crippen MR) is 491 cm³/mol. The van der Waals surface area contributed by atoms with Gasteiger partial charge in [-0.25, -0.2) is 9.13 Å². The van der Waals surface area contributed by atoms with Gasteiger partial charge >= 0.3 is 33.6 Å². The van der Waals surface area contributed by atoms with Gasteiger partial charge in [-0.2, -0.15) is 0 Å². The number of hydrogen-bond donors (Lipinski definition) is 4. The highest BCUT2D eigenvalue weighted by Crippen LogP contribution is 2.45. The van der Waals surface area contributed by atoms with E-state index in [1.165, 1.54) is 83.5 Å². The largest absolute Gasteiger partial charge is 0.472 e. The van der Waals surface area contributed by atoms with E-state index in [2.05, 4.69) is 215 Å². The van der Waals surface area contributed by atoms with Gasteiger partial charge in [0.25, 0.3) is 0 Å². The number of rotatable bonds is 85. The molecular weight excluding hydrogens is 1510 g/mol. The second-order valence-electron chi connectivity index (χ2n) is 30.0. The van der Waals surface area contributed by atoms with Crippen LogP contribution in [0.4, 0.5) is 0 Å². The summed E-state index contributed by atoms with van der Waals surface area (Å²) in [6.07, 6.45) is 119. The van der Waals surface area contributed by atoms with Crippen molar-refractivity contribution >= 4 is 33.6 Å². The number of ether oxygens (including phenoxy) is 3. The smallest absolute Gasteiger partial charge is 0.463 e. The summed E-state index contributed by atoms with van der Waals surface area (Å²) in [4.78, 5) is 59.0. The first-order chi connectivity index (χ1) is 57.2. The van der Waals surface area contributed by atoms with Crippen molar-refractivity contribution in [1.29, 1.82) is 0 Å². The second kappa shape index (κ2) is 89.6. The summed E-state index contributed by atoms with van der Waals surface area (Å²) in [5.74, 6) is -1.60. The molecule has 0 spiro atoms. The Balaban J connectivity index is 4.66. The number of unbranched alkanes of at least 4 members (excludes halogenated alkanes) is 30. The molecule has 5 atom stereocenters. The maximum absolute atomic E-state index is 13.1. The van der Waals surface area contributed by atoms with Crippen molar-refractivity contribution in [2.24, 2.45) is 0 Å². The minimum atomic E-state index is -4.95. The monoisotopic (exact) mass is 1670 g/mol. The predicted octanol–water partition coefficient (Wildman–Crippen LogP) is 28.2. The number of aliphatic hydroxyl groups excluding tert-OH is 2. The van der Waals surface area contributed by atoms with Crippen LogP contribution in [0.1, 0.15) is 355 Å². The van der Waals surface area contributed by atoms with E-state index in [-0.39, 0.29) is 19.3 Å². The topological polar surface area (TPSA) is 231 Å². The Bertz CT molecular complexity index is 2910. The van der Waals surface area contributed by atoms with Crippen LogP contribution in [0.3, 0.4) is 0 Å². The number of carbonyl (C=O) groups excluding carboxylic acids is 3. The van der Waals surface area contributed by atoms with Gasteiger partial charge in [-0.3, -0.25) is 32.5 Å². The van der Waals surface area contributed by atoms with Crippen LogP contribution in [0.15, 0.2) is 194 Å². The molecule has 0 radical (unpaired) electrons. The minimum absolute atomic E-state index is 0.0839. The molecule has 18 heteroatoms. The molecule has 0 bridgehead atoms. The fourth-order valence-electron chi connectivity index (χ4n) is 11.9. The van der Waals surface area contributed by atoms with Gasteiger partial charge in [0.15, 0.2) is 6.10 Å². The van der Waals surface area contributed by atoms with Crippen LogP contribution >= 0.6 is 15.6 Å². The van der Waals surface area contributed by atoms with Gasteiger partial charge in [-0.05, 0) is 167 Å². The third-order valence-electron chi connectivity index (χ3n) is 18.8. The van der Waals surface area contributed by atoms with Gasteiger partial charge < -0.3 is 34.2 Å². The van der Waals surface area contributed by atoms with E-state index in [9.17, 15) is 43.5 Å². The van der Waals surface area contributed by atoms with Crippen molar-refractivity contribution in [2.75, 3.05) is 39.6 Å². The van der Waals surface area contributed by atoms with Gasteiger partial charge in [-0.1, -0.05) is 363 Å². The Morgan fingerprint density at radius 1 is 0.248 bits per heavy atom. The Kier molecular flexibility index (Phi) is 85.3. The Labute approximate surface area is 712 Å². The molecule has 0 rings (SSSR count). The highest BCUT2D eigenvalue weighted by molar-refractivity contribution is 7.47. The summed E-state index contributed by atoms with van der Waals surface area (Å²) in [6, 6.07) is 0. The second-order valence-corrected chi connectivity index (χ2v) is 32.9. The molecule has 4 N–H and O–H groups in total. The molecule has 0 aliphatic heterocycles. The van der Waals surface area contributed by atoms with Gasteiger partial charge in [0.05, 0.1) is 26.4 Å². The standard InChI is InChI=1S/C99H164O16P2/c1-4-7-10-13-16-19-22-25-28-31-34-37-40-42-44-45-46-47-49-51-53-55-58-61-64-67-70-73-76-79-82-85-97(102)109-88-94(100)89-111-116(105,106)112-90-95(101)91-113-117(107,108)114-93-96(115-99(104)87-84-81-78-75-72-69-66-63-60-57-52-39-36-33-30-27-24-21-18-15-12-9-6-3)92-110-98(103)86-83-80-77-74-71-68-65-62-59-56-54-50-48-43-41-38-35-32-29-26-23-20-17-14-11-8-5-2/h7-8,10-11,16-21,25-30,34-39,42-44,46-48,54,56-57,60,94-96,100-101H,4-6,9,12-15,22-24,31-33,40-41,45,49-53,55,58-59,61-93H2,1-3H3,(H,105,106)(H,107,108)/b10-7-,11-8-,19-16-,20-17-,21-18-,28-25-,29-26-,30-27-,37-34-,38-35-,39-36-,44-42-,47-46-,48-43-,56-54-,60-57-. The summed E-state index contributed by atoms with van der Waals surface area (Å²) in [6.45, 7) is 2.42. The molecule has 0 aromatic rings. The Morgan fingerprint density at radius 2 is 0.453 bits per heavy atom. The quantitative estimate of drug-likeness (QED) is 0.0146. The molecule has 16 nitrogen and oxygen atoms in total. The van der Waals surface area contributed by atoms with E-state index in [0.29, 0.717) is 19.3 Å².